The summed E-state index contributed by atoms with van der Waals surface area (Å²) in [4.78, 5) is 4.46. The fraction of sp³-hybridized carbons (Fsp3) is 0.929. The molecule has 22 heavy (non-hydrogen) atoms. The lowest BCUT2D eigenvalue weighted by atomic mass is 9.96. The van der Waals surface area contributed by atoms with Gasteiger partial charge in [0.2, 0.25) is 0 Å². The Morgan fingerprint density at radius 3 is 2.77 bits per heavy atom. The van der Waals surface area contributed by atoms with Crippen LogP contribution in [0.3, 0.4) is 0 Å². The third-order valence-corrected chi connectivity index (χ3v) is 4.78. The molecular weight excluding hydrogens is 306 g/mol. The quantitative estimate of drug-likeness (QED) is 0.367. The van der Waals surface area contributed by atoms with Crippen LogP contribution in [0.4, 0.5) is 0 Å². The molecule has 2 aliphatic rings. The summed E-state index contributed by atoms with van der Waals surface area (Å²) in [6.07, 6.45) is 5.25. The molecule has 0 aromatic heterocycles. The number of sulfone groups is 1. The van der Waals surface area contributed by atoms with Crippen molar-refractivity contribution in [2.45, 2.75) is 44.4 Å². The summed E-state index contributed by atoms with van der Waals surface area (Å²) in [7, 11) is -2.96. The Balaban J connectivity index is 1.68. The van der Waals surface area contributed by atoms with Crippen LogP contribution in [0.25, 0.3) is 0 Å². The minimum absolute atomic E-state index is 0.0531. The molecule has 0 aliphatic carbocycles. The predicted octanol–water partition coefficient (Wildman–Crippen LogP) is -0.0774. The molecule has 2 bridgehead atoms. The molecule has 8 heteroatoms. The van der Waals surface area contributed by atoms with Gasteiger partial charge < -0.3 is 20.1 Å². The van der Waals surface area contributed by atoms with Gasteiger partial charge in [-0.25, -0.2) is 8.42 Å². The van der Waals surface area contributed by atoms with Gasteiger partial charge in [-0.05, 0) is 26.2 Å². The molecular formula is C14H27N3O4S. The molecule has 0 aromatic rings. The predicted molar refractivity (Wildman–Crippen MR) is 85.9 cm³/mol. The summed E-state index contributed by atoms with van der Waals surface area (Å²) in [6.45, 7) is 3.96. The third kappa shape index (κ3) is 5.73. The van der Waals surface area contributed by atoms with Gasteiger partial charge in [0, 0.05) is 12.8 Å². The first-order valence-electron chi connectivity index (χ1n) is 7.93. The van der Waals surface area contributed by atoms with Crippen LogP contribution in [-0.4, -0.2) is 70.9 Å². The number of fused-ring (bicyclic) bond motifs is 2. The molecule has 0 aromatic carbocycles. The van der Waals surface area contributed by atoms with E-state index in [-0.39, 0.29) is 12.4 Å². The van der Waals surface area contributed by atoms with E-state index in [1.807, 2.05) is 6.92 Å². The zero-order valence-corrected chi connectivity index (χ0v) is 14.2. The molecule has 2 fully saturated rings. The smallest absolute Gasteiger partial charge is 0.191 e. The van der Waals surface area contributed by atoms with E-state index in [4.69, 9.17) is 9.47 Å². The second-order valence-electron chi connectivity index (χ2n) is 5.86. The molecule has 128 valence electrons. The van der Waals surface area contributed by atoms with Crippen LogP contribution in [-0.2, 0) is 19.3 Å². The molecule has 2 N–H and O–H groups in total. The van der Waals surface area contributed by atoms with Gasteiger partial charge in [-0.3, -0.25) is 4.99 Å². The number of nitrogens with one attached hydrogen (secondary N) is 2. The van der Waals surface area contributed by atoms with E-state index in [9.17, 15) is 8.42 Å². The van der Waals surface area contributed by atoms with Gasteiger partial charge in [-0.2, -0.15) is 0 Å². The molecule has 2 heterocycles. The minimum atomic E-state index is -2.96. The number of nitrogens with zero attached hydrogens (tertiary/aromatic N) is 1. The Morgan fingerprint density at radius 1 is 1.36 bits per heavy atom. The summed E-state index contributed by atoms with van der Waals surface area (Å²) in [5.74, 6) is 0.827. The van der Waals surface area contributed by atoms with Crippen molar-refractivity contribution in [3.63, 3.8) is 0 Å². The van der Waals surface area contributed by atoms with Crippen LogP contribution in [0.1, 0.15) is 26.2 Å². The first kappa shape index (κ1) is 17.5. The van der Waals surface area contributed by atoms with Crippen LogP contribution in [0, 0.1) is 0 Å². The maximum Gasteiger partial charge on any atom is 0.191 e. The number of hydrogen-bond acceptors (Lipinski definition) is 5. The summed E-state index contributed by atoms with van der Waals surface area (Å²) >= 11 is 0. The van der Waals surface area contributed by atoms with Crippen LogP contribution in [0.2, 0.25) is 0 Å². The van der Waals surface area contributed by atoms with E-state index < -0.39 is 9.84 Å². The lowest BCUT2D eigenvalue weighted by molar-refractivity contribution is 0.0992. The first-order valence-corrected chi connectivity index (χ1v) is 10.00. The van der Waals surface area contributed by atoms with E-state index in [2.05, 4.69) is 15.6 Å². The molecule has 2 aliphatic heterocycles. The van der Waals surface area contributed by atoms with Crippen LogP contribution in [0.5, 0.6) is 0 Å². The number of rotatable bonds is 8. The van der Waals surface area contributed by atoms with Crippen molar-refractivity contribution in [3.8, 4) is 0 Å². The Bertz CT molecular complexity index is 480. The topological polar surface area (TPSA) is 89.0 Å². The fourth-order valence-electron chi connectivity index (χ4n) is 2.82. The van der Waals surface area contributed by atoms with Gasteiger partial charge in [0.1, 0.15) is 9.84 Å². The summed E-state index contributed by atoms with van der Waals surface area (Å²) in [6, 6.07) is 0.336. The van der Waals surface area contributed by atoms with Crippen LogP contribution < -0.4 is 10.6 Å². The Labute approximate surface area is 132 Å². The Hall–Kier alpha value is -0.860. The molecule has 3 unspecified atom stereocenters. The normalized spacial score (nSPS) is 28.1. The largest absolute Gasteiger partial charge is 0.378 e. The van der Waals surface area contributed by atoms with E-state index in [1.165, 1.54) is 12.7 Å². The summed E-state index contributed by atoms with van der Waals surface area (Å²) in [5, 5.41) is 6.64. The van der Waals surface area contributed by atoms with Crippen molar-refractivity contribution in [1.82, 2.24) is 10.6 Å². The average Bonchev–Trinajstić information content (AvgIpc) is 3.04. The van der Waals surface area contributed by atoms with Crippen molar-refractivity contribution in [1.29, 1.82) is 0 Å². The third-order valence-electron chi connectivity index (χ3n) is 3.88. The molecule has 0 radical (unpaired) electrons. The molecule has 0 saturated carbocycles. The van der Waals surface area contributed by atoms with Crippen molar-refractivity contribution < 1.29 is 17.9 Å². The van der Waals surface area contributed by atoms with Gasteiger partial charge in [0.05, 0.1) is 43.8 Å². The van der Waals surface area contributed by atoms with Crippen LogP contribution in [0.15, 0.2) is 4.99 Å². The van der Waals surface area contributed by atoms with Gasteiger partial charge in [0.15, 0.2) is 5.96 Å². The zero-order chi connectivity index (χ0) is 16.0. The highest BCUT2D eigenvalue weighted by molar-refractivity contribution is 7.90. The Kier molecular flexibility index (Phi) is 6.46. The average molecular weight is 333 g/mol. The maximum atomic E-state index is 11.0. The minimum Gasteiger partial charge on any atom is -0.378 e. The highest BCUT2D eigenvalue weighted by Gasteiger charge is 2.41. The number of hydrogen-bond donors (Lipinski definition) is 2. The summed E-state index contributed by atoms with van der Waals surface area (Å²) < 4.78 is 33.1. The second-order valence-corrected chi connectivity index (χ2v) is 8.12. The van der Waals surface area contributed by atoms with E-state index >= 15 is 0 Å². The van der Waals surface area contributed by atoms with Gasteiger partial charge >= 0.3 is 0 Å². The molecule has 7 nitrogen and oxygen atoms in total. The standard InChI is InChI=1S/C14H27N3O4S/c1-3-15-14(16-6-7-20-8-9-22(2,18)19)17-12-10-11-4-5-13(12)21-11/h11-13H,3-10H2,1-2H3,(H2,15,16,17). The van der Waals surface area contributed by atoms with Gasteiger partial charge in [-0.1, -0.05) is 0 Å². The van der Waals surface area contributed by atoms with Crippen molar-refractivity contribution in [3.05, 3.63) is 0 Å². The number of ether oxygens (including phenoxy) is 2. The molecule has 0 amide bonds. The maximum absolute atomic E-state index is 11.0. The van der Waals surface area contributed by atoms with E-state index in [0.717, 1.165) is 25.3 Å². The van der Waals surface area contributed by atoms with Crippen molar-refractivity contribution >= 4 is 15.8 Å². The van der Waals surface area contributed by atoms with Crippen molar-refractivity contribution in [2.24, 2.45) is 4.99 Å². The SMILES string of the molecule is CCNC(=NCCOCCS(C)(=O)=O)NC1CC2CCC1O2. The monoisotopic (exact) mass is 333 g/mol. The lowest BCUT2D eigenvalue weighted by Crippen LogP contribution is -2.47. The van der Waals surface area contributed by atoms with Crippen molar-refractivity contribution in [2.75, 3.05) is 38.3 Å². The first-order chi connectivity index (χ1) is 10.5. The number of guanidine groups is 1. The zero-order valence-electron chi connectivity index (χ0n) is 13.4. The Morgan fingerprint density at radius 2 is 2.18 bits per heavy atom. The summed E-state index contributed by atoms with van der Waals surface area (Å²) in [5.41, 5.74) is 0. The molecule has 2 rings (SSSR count). The highest BCUT2D eigenvalue weighted by Crippen LogP contribution is 2.34. The van der Waals surface area contributed by atoms with Gasteiger partial charge in [0.25, 0.3) is 0 Å². The second kappa shape index (κ2) is 8.12. The van der Waals surface area contributed by atoms with E-state index in [0.29, 0.717) is 31.4 Å². The molecule has 2 saturated heterocycles. The fourth-order valence-corrected chi connectivity index (χ4v) is 3.24. The highest BCUT2D eigenvalue weighted by atomic mass is 32.2. The van der Waals surface area contributed by atoms with E-state index in [1.54, 1.807) is 0 Å². The molecule has 3 atom stereocenters. The lowest BCUT2D eigenvalue weighted by Gasteiger charge is -2.22. The number of aliphatic imine (C=N–C) groups is 1. The van der Waals surface area contributed by atoms with Gasteiger partial charge in [-0.15, -0.1) is 0 Å². The van der Waals surface area contributed by atoms with Crippen LogP contribution >= 0.6 is 0 Å². The molecule has 0 spiro atoms.